The molecule has 2 aliphatic rings. The summed E-state index contributed by atoms with van der Waals surface area (Å²) >= 11 is 0. The second-order valence-electron chi connectivity index (χ2n) is 5.00. The van der Waals surface area contributed by atoms with Gasteiger partial charge in [-0.3, -0.25) is 4.79 Å². The molecule has 0 aromatic carbocycles. The van der Waals surface area contributed by atoms with Crippen molar-refractivity contribution in [3.05, 3.63) is 24.2 Å². The molecule has 0 saturated heterocycles. The number of fused-ring (bicyclic) bond motifs is 2. The number of rotatable bonds is 3. The molecule has 0 radical (unpaired) electrons. The van der Waals surface area contributed by atoms with Crippen molar-refractivity contribution in [2.45, 2.75) is 32.1 Å². The molecule has 1 aromatic rings. The number of carbonyl (C=O) groups excluding carboxylic acids is 1. The van der Waals surface area contributed by atoms with Gasteiger partial charge in [-0.15, -0.1) is 0 Å². The molecule has 3 atom stereocenters. The van der Waals surface area contributed by atoms with Crippen molar-refractivity contribution in [3.8, 4) is 0 Å². The van der Waals surface area contributed by atoms with E-state index in [1.807, 2.05) is 12.1 Å². The Kier molecular flexibility index (Phi) is 2.15. The third-order valence-corrected chi connectivity index (χ3v) is 4.08. The molecule has 2 heteroatoms. The van der Waals surface area contributed by atoms with Gasteiger partial charge in [0, 0.05) is 5.92 Å². The van der Waals surface area contributed by atoms with E-state index in [0.29, 0.717) is 24.0 Å². The molecule has 15 heavy (non-hydrogen) atoms. The van der Waals surface area contributed by atoms with E-state index in [1.54, 1.807) is 6.26 Å². The topological polar surface area (TPSA) is 30.2 Å². The molecule has 0 N–H and O–H groups in total. The first kappa shape index (κ1) is 9.20. The number of Topliss-reactive ketones (excluding diaryl/α,β-unsaturated/α-hetero) is 1. The van der Waals surface area contributed by atoms with Crippen molar-refractivity contribution in [1.29, 1.82) is 0 Å². The predicted octanol–water partition coefficient (Wildman–Crippen LogP) is 2.83. The van der Waals surface area contributed by atoms with Crippen LogP contribution in [-0.2, 0) is 11.2 Å². The first-order chi connectivity index (χ1) is 7.33. The minimum atomic E-state index is 0.342. The Hall–Kier alpha value is -1.05. The van der Waals surface area contributed by atoms with Gasteiger partial charge in [-0.2, -0.15) is 0 Å². The Balaban J connectivity index is 1.66. The Labute approximate surface area is 89.7 Å². The summed E-state index contributed by atoms with van der Waals surface area (Å²) in [5, 5.41) is 0. The molecule has 1 aromatic heterocycles. The maximum atomic E-state index is 12.0. The monoisotopic (exact) mass is 204 g/mol. The number of carbonyl (C=O) groups is 1. The van der Waals surface area contributed by atoms with E-state index in [-0.39, 0.29) is 0 Å². The molecule has 2 saturated carbocycles. The fraction of sp³-hybridized carbons (Fsp3) is 0.615. The zero-order chi connectivity index (χ0) is 10.3. The van der Waals surface area contributed by atoms with Crippen LogP contribution >= 0.6 is 0 Å². The summed E-state index contributed by atoms with van der Waals surface area (Å²) in [6, 6.07) is 3.74. The Bertz CT molecular complexity index is 353. The predicted molar refractivity (Wildman–Crippen MR) is 56.4 cm³/mol. The average molecular weight is 204 g/mol. The number of hydrogen-bond acceptors (Lipinski definition) is 2. The third-order valence-electron chi connectivity index (χ3n) is 4.08. The summed E-state index contributed by atoms with van der Waals surface area (Å²) in [5.41, 5.74) is 0. The van der Waals surface area contributed by atoms with Crippen LogP contribution in [0, 0.1) is 17.8 Å². The summed E-state index contributed by atoms with van der Waals surface area (Å²) < 4.78 is 5.22. The SMILES string of the molecule is O=C(Cc1ccco1)C1CC2CCC1C2. The van der Waals surface area contributed by atoms with Crippen molar-refractivity contribution in [1.82, 2.24) is 0 Å². The smallest absolute Gasteiger partial charge is 0.143 e. The van der Waals surface area contributed by atoms with Crippen LogP contribution in [0.5, 0.6) is 0 Å². The fourth-order valence-corrected chi connectivity index (χ4v) is 3.36. The standard InChI is InChI=1S/C13H16O2/c14-13(8-11-2-1-5-15-11)12-7-9-3-4-10(12)6-9/h1-2,5,9-10,12H,3-4,6-8H2. The molecule has 1 heterocycles. The van der Waals surface area contributed by atoms with Crippen LogP contribution in [0.1, 0.15) is 31.4 Å². The zero-order valence-corrected chi connectivity index (χ0v) is 8.82. The van der Waals surface area contributed by atoms with Crippen LogP contribution in [0.2, 0.25) is 0 Å². The third kappa shape index (κ3) is 1.62. The normalized spacial score (nSPS) is 33.5. The van der Waals surface area contributed by atoms with Gasteiger partial charge in [0.15, 0.2) is 0 Å². The van der Waals surface area contributed by atoms with E-state index in [2.05, 4.69) is 0 Å². The minimum Gasteiger partial charge on any atom is -0.469 e. The second kappa shape index (κ2) is 3.51. The van der Waals surface area contributed by atoms with Crippen molar-refractivity contribution in [2.75, 3.05) is 0 Å². The van der Waals surface area contributed by atoms with Crippen LogP contribution in [0.15, 0.2) is 22.8 Å². The molecule has 0 amide bonds. The van der Waals surface area contributed by atoms with E-state index in [1.165, 1.54) is 19.3 Å². The molecule has 80 valence electrons. The van der Waals surface area contributed by atoms with Crippen molar-refractivity contribution < 1.29 is 9.21 Å². The first-order valence-corrected chi connectivity index (χ1v) is 5.88. The Morgan fingerprint density at radius 2 is 2.33 bits per heavy atom. The molecule has 3 rings (SSSR count). The lowest BCUT2D eigenvalue weighted by molar-refractivity contribution is -0.123. The zero-order valence-electron chi connectivity index (χ0n) is 8.82. The lowest BCUT2D eigenvalue weighted by Crippen LogP contribution is -2.22. The van der Waals surface area contributed by atoms with Crippen molar-refractivity contribution >= 4 is 5.78 Å². The van der Waals surface area contributed by atoms with Gasteiger partial charge in [-0.05, 0) is 43.2 Å². The van der Waals surface area contributed by atoms with E-state index < -0.39 is 0 Å². The van der Waals surface area contributed by atoms with Gasteiger partial charge in [0.2, 0.25) is 0 Å². The number of hydrogen-bond donors (Lipinski definition) is 0. The maximum Gasteiger partial charge on any atom is 0.143 e. The van der Waals surface area contributed by atoms with Crippen LogP contribution < -0.4 is 0 Å². The van der Waals surface area contributed by atoms with E-state index in [9.17, 15) is 4.79 Å². The second-order valence-corrected chi connectivity index (χ2v) is 5.00. The Morgan fingerprint density at radius 3 is 2.93 bits per heavy atom. The maximum absolute atomic E-state index is 12.0. The molecular weight excluding hydrogens is 188 g/mol. The summed E-state index contributed by atoms with van der Waals surface area (Å²) in [6.07, 6.45) is 7.22. The van der Waals surface area contributed by atoms with Gasteiger partial charge in [-0.25, -0.2) is 0 Å². The highest BCUT2D eigenvalue weighted by molar-refractivity contribution is 5.83. The quantitative estimate of drug-likeness (QED) is 0.757. The summed E-state index contributed by atoms with van der Waals surface area (Å²) in [7, 11) is 0. The highest BCUT2D eigenvalue weighted by atomic mass is 16.3. The number of ketones is 1. The van der Waals surface area contributed by atoms with E-state index in [0.717, 1.165) is 18.1 Å². The first-order valence-electron chi connectivity index (χ1n) is 5.88. The highest BCUT2D eigenvalue weighted by Gasteiger charge is 2.42. The summed E-state index contributed by atoms with van der Waals surface area (Å²) in [4.78, 5) is 12.0. The summed E-state index contributed by atoms with van der Waals surface area (Å²) in [5.74, 6) is 3.10. The van der Waals surface area contributed by atoms with Gasteiger partial charge < -0.3 is 4.42 Å². The largest absolute Gasteiger partial charge is 0.469 e. The van der Waals surface area contributed by atoms with Crippen molar-refractivity contribution in [2.24, 2.45) is 17.8 Å². The minimum absolute atomic E-state index is 0.342. The fourth-order valence-electron chi connectivity index (χ4n) is 3.36. The molecule has 2 nitrogen and oxygen atoms in total. The van der Waals surface area contributed by atoms with Crippen LogP contribution in [0.4, 0.5) is 0 Å². The molecule has 2 bridgehead atoms. The molecular formula is C13H16O2. The molecule has 0 spiro atoms. The Morgan fingerprint density at radius 1 is 1.40 bits per heavy atom. The molecule has 2 aliphatic carbocycles. The van der Waals surface area contributed by atoms with E-state index >= 15 is 0 Å². The average Bonchev–Trinajstić information content (AvgIpc) is 2.93. The molecule has 0 aliphatic heterocycles. The molecule has 3 unspecified atom stereocenters. The van der Waals surface area contributed by atoms with Crippen molar-refractivity contribution in [3.63, 3.8) is 0 Å². The van der Waals surface area contributed by atoms with Gasteiger partial charge in [0.05, 0.1) is 12.7 Å². The van der Waals surface area contributed by atoms with Gasteiger partial charge in [0.25, 0.3) is 0 Å². The van der Waals surface area contributed by atoms with E-state index in [4.69, 9.17) is 4.42 Å². The highest BCUT2D eigenvalue weighted by Crippen LogP contribution is 2.48. The van der Waals surface area contributed by atoms with Gasteiger partial charge >= 0.3 is 0 Å². The van der Waals surface area contributed by atoms with Gasteiger partial charge in [0.1, 0.15) is 11.5 Å². The van der Waals surface area contributed by atoms with Crippen LogP contribution in [0.25, 0.3) is 0 Å². The summed E-state index contributed by atoms with van der Waals surface area (Å²) in [6.45, 7) is 0. The van der Waals surface area contributed by atoms with Gasteiger partial charge in [-0.1, -0.05) is 6.42 Å². The molecule has 2 fully saturated rings. The number of furan rings is 1. The van der Waals surface area contributed by atoms with Crippen LogP contribution in [0.3, 0.4) is 0 Å². The lowest BCUT2D eigenvalue weighted by Gasteiger charge is -2.19. The lowest BCUT2D eigenvalue weighted by atomic mass is 9.84. The van der Waals surface area contributed by atoms with Crippen LogP contribution in [-0.4, -0.2) is 5.78 Å².